The van der Waals surface area contributed by atoms with Crippen molar-refractivity contribution in [2.24, 2.45) is 10.4 Å². The summed E-state index contributed by atoms with van der Waals surface area (Å²) in [5, 5.41) is 7.25. The largest absolute Gasteiger partial charge is 0.357 e. The van der Waals surface area contributed by atoms with Gasteiger partial charge in [-0.3, -0.25) is 4.99 Å². The summed E-state index contributed by atoms with van der Waals surface area (Å²) >= 11 is 0. The summed E-state index contributed by atoms with van der Waals surface area (Å²) in [6.07, 6.45) is 7.28. The first-order valence-corrected chi connectivity index (χ1v) is 8.53. The van der Waals surface area contributed by atoms with Gasteiger partial charge in [-0.1, -0.05) is 11.6 Å². The highest BCUT2D eigenvalue weighted by atomic mass is 127. The molecule has 1 aromatic rings. The van der Waals surface area contributed by atoms with Gasteiger partial charge in [-0.2, -0.15) is 4.98 Å². The van der Waals surface area contributed by atoms with Crippen molar-refractivity contribution in [2.75, 3.05) is 26.2 Å². The van der Waals surface area contributed by atoms with E-state index in [4.69, 9.17) is 9.52 Å². The first-order chi connectivity index (χ1) is 10.7. The predicted molar refractivity (Wildman–Crippen MR) is 101 cm³/mol. The van der Waals surface area contributed by atoms with E-state index in [9.17, 15) is 0 Å². The minimum absolute atomic E-state index is 0. The van der Waals surface area contributed by atoms with E-state index in [1.165, 1.54) is 32.2 Å². The van der Waals surface area contributed by atoms with E-state index < -0.39 is 0 Å². The highest BCUT2D eigenvalue weighted by molar-refractivity contribution is 14.0. The molecule has 7 heteroatoms. The fourth-order valence-corrected chi connectivity index (χ4v) is 3.48. The Morgan fingerprint density at radius 3 is 2.78 bits per heavy atom. The van der Waals surface area contributed by atoms with Crippen LogP contribution < -0.4 is 5.32 Å². The average Bonchev–Trinajstić information content (AvgIpc) is 3.08. The van der Waals surface area contributed by atoms with Crippen LogP contribution in [-0.2, 0) is 6.42 Å². The lowest BCUT2D eigenvalue weighted by Gasteiger charge is -2.38. The van der Waals surface area contributed by atoms with Gasteiger partial charge in [0.25, 0.3) is 0 Å². The van der Waals surface area contributed by atoms with Crippen LogP contribution in [-0.4, -0.2) is 47.2 Å². The van der Waals surface area contributed by atoms with Gasteiger partial charge in [0.2, 0.25) is 5.89 Å². The Morgan fingerprint density at radius 2 is 2.22 bits per heavy atom. The van der Waals surface area contributed by atoms with Gasteiger partial charge < -0.3 is 14.7 Å². The van der Waals surface area contributed by atoms with Crippen molar-refractivity contribution < 1.29 is 4.52 Å². The molecule has 0 bridgehead atoms. The van der Waals surface area contributed by atoms with Crippen LogP contribution in [0, 0.1) is 12.3 Å². The minimum Gasteiger partial charge on any atom is -0.357 e. The normalized spacial score (nSPS) is 19.6. The van der Waals surface area contributed by atoms with Crippen molar-refractivity contribution in [1.82, 2.24) is 20.4 Å². The highest BCUT2D eigenvalue weighted by Gasteiger charge is 2.43. The first-order valence-electron chi connectivity index (χ1n) is 8.53. The van der Waals surface area contributed by atoms with Gasteiger partial charge in [0, 0.05) is 32.6 Å². The molecule has 2 fully saturated rings. The molecule has 1 aliphatic heterocycles. The van der Waals surface area contributed by atoms with Gasteiger partial charge in [-0.05, 0) is 44.9 Å². The van der Waals surface area contributed by atoms with E-state index in [0.29, 0.717) is 17.1 Å². The molecular weight excluding hydrogens is 405 g/mol. The molecule has 23 heavy (non-hydrogen) atoms. The Hall–Kier alpha value is -0.860. The van der Waals surface area contributed by atoms with Crippen LogP contribution in [0.1, 0.15) is 50.7 Å². The maximum absolute atomic E-state index is 5.13. The van der Waals surface area contributed by atoms with Gasteiger partial charge in [0.05, 0.1) is 0 Å². The summed E-state index contributed by atoms with van der Waals surface area (Å²) in [4.78, 5) is 11.5. The number of nitrogens with one attached hydrogen (secondary N) is 1. The summed E-state index contributed by atoms with van der Waals surface area (Å²) in [5.74, 6) is 2.50. The Morgan fingerprint density at radius 1 is 1.39 bits per heavy atom. The lowest BCUT2D eigenvalue weighted by atomic mass is 9.68. The molecule has 1 aromatic heterocycles. The summed E-state index contributed by atoms with van der Waals surface area (Å²) < 4.78 is 5.13. The fraction of sp³-hybridized carbons (Fsp3) is 0.812. The van der Waals surface area contributed by atoms with Crippen LogP contribution in [0.4, 0.5) is 0 Å². The van der Waals surface area contributed by atoms with Crippen molar-refractivity contribution in [3.8, 4) is 0 Å². The van der Waals surface area contributed by atoms with Crippen LogP contribution in [0.25, 0.3) is 0 Å². The van der Waals surface area contributed by atoms with Gasteiger partial charge in [-0.15, -0.1) is 24.0 Å². The summed E-state index contributed by atoms with van der Waals surface area (Å²) in [6.45, 7) is 8.03. The minimum atomic E-state index is 0. The third-order valence-corrected chi connectivity index (χ3v) is 4.87. The van der Waals surface area contributed by atoms with Gasteiger partial charge in [0.1, 0.15) is 0 Å². The molecule has 1 saturated heterocycles. The lowest BCUT2D eigenvalue weighted by Crippen LogP contribution is -2.42. The monoisotopic (exact) mass is 433 g/mol. The predicted octanol–water partition coefficient (Wildman–Crippen LogP) is 2.77. The van der Waals surface area contributed by atoms with E-state index in [0.717, 1.165) is 38.4 Å². The van der Waals surface area contributed by atoms with Crippen molar-refractivity contribution in [2.45, 2.75) is 52.4 Å². The third-order valence-electron chi connectivity index (χ3n) is 4.87. The van der Waals surface area contributed by atoms with E-state index in [2.05, 4.69) is 27.3 Å². The Bertz CT molecular complexity index is 526. The molecule has 1 aliphatic carbocycles. The molecule has 3 rings (SSSR count). The quantitative estimate of drug-likeness (QED) is 0.335. The zero-order chi connectivity index (χ0) is 15.4. The number of guanidine groups is 1. The van der Waals surface area contributed by atoms with Gasteiger partial charge in [-0.25, -0.2) is 0 Å². The van der Waals surface area contributed by atoms with Crippen LogP contribution in [0.15, 0.2) is 9.52 Å². The number of hydrogen-bond donors (Lipinski definition) is 1. The van der Waals surface area contributed by atoms with Crippen LogP contribution in [0.3, 0.4) is 0 Å². The molecule has 0 amide bonds. The van der Waals surface area contributed by atoms with E-state index >= 15 is 0 Å². The topological polar surface area (TPSA) is 66.5 Å². The summed E-state index contributed by atoms with van der Waals surface area (Å²) in [6, 6.07) is 0. The van der Waals surface area contributed by atoms with Crippen molar-refractivity contribution in [3.63, 3.8) is 0 Å². The van der Waals surface area contributed by atoms with Crippen LogP contribution >= 0.6 is 24.0 Å². The Kier molecular flexibility index (Phi) is 6.67. The number of likely N-dealkylation sites (tertiary alicyclic amines) is 1. The molecule has 1 spiro atoms. The average molecular weight is 433 g/mol. The highest BCUT2D eigenvalue weighted by Crippen LogP contribution is 2.47. The second-order valence-electron chi connectivity index (χ2n) is 6.60. The van der Waals surface area contributed by atoms with E-state index in [1.54, 1.807) is 0 Å². The lowest BCUT2D eigenvalue weighted by molar-refractivity contribution is 0.151. The molecule has 0 radical (unpaired) electrons. The van der Waals surface area contributed by atoms with Gasteiger partial charge >= 0.3 is 0 Å². The molecule has 1 saturated carbocycles. The van der Waals surface area contributed by atoms with Crippen molar-refractivity contribution in [1.29, 1.82) is 0 Å². The molecule has 0 atom stereocenters. The van der Waals surface area contributed by atoms with Crippen LogP contribution in [0.2, 0.25) is 0 Å². The van der Waals surface area contributed by atoms with Crippen LogP contribution in [0.5, 0.6) is 0 Å². The summed E-state index contributed by atoms with van der Waals surface area (Å²) in [5.41, 5.74) is 0.609. The standard InChI is InChI=1S/C16H27N5O.HI/c1-3-17-15(21-11-9-16(12-21)7-5-8-16)18-10-4-6-14-19-13(2)20-22-14;/h3-12H2,1-2H3,(H,17,18);1H. The molecule has 2 aliphatic rings. The number of aromatic nitrogens is 2. The number of nitrogens with zero attached hydrogens (tertiary/aromatic N) is 4. The number of hydrogen-bond acceptors (Lipinski definition) is 4. The second-order valence-corrected chi connectivity index (χ2v) is 6.60. The Balaban J connectivity index is 0.00000192. The number of aliphatic imine (C=N–C) groups is 1. The number of rotatable bonds is 5. The Labute approximate surface area is 155 Å². The van der Waals surface area contributed by atoms with Gasteiger partial charge in [0.15, 0.2) is 11.8 Å². The van der Waals surface area contributed by atoms with Crippen molar-refractivity contribution in [3.05, 3.63) is 11.7 Å². The molecular formula is C16H28IN5O. The number of halogens is 1. The summed E-state index contributed by atoms with van der Waals surface area (Å²) in [7, 11) is 0. The third kappa shape index (κ3) is 4.58. The van der Waals surface area contributed by atoms with E-state index in [-0.39, 0.29) is 24.0 Å². The second kappa shape index (κ2) is 8.30. The maximum atomic E-state index is 5.13. The van der Waals surface area contributed by atoms with E-state index in [1.807, 2.05) is 6.92 Å². The zero-order valence-electron chi connectivity index (χ0n) is 14.2. The zero-order valence-corrected chi connectivity index (χ0v) is 16.5. The molecule has 6 nitrogen and oxygen atoms in total. The molecule has 2 heterocycles. The first kappa shape index (κ1) is 18.5. The van der Waals surface area contributed by atoms with Crippen molar-refractivity contribution >= 4 is 29.9 Å². The maximum Gasteiger partial charge on any atom is 0.226 e. The fourth-order valence-electron chi connectivity index (χ4n) is 3.48. The number of aryl methyl sites for hydroxylation is 2. The molecule has 130 valence electrons. The molecule has 1 N–H and O–H groups in total. The smallest absolute Gasteiger partial charge is 0.226 e. The molecule has 0 aromatic carbocycles. The molecule has 0 unspecified atom stereocenters. The SMILES string of the molecule is CCNC(=NCCCc1nc(C)no1)N1CCC2(CCC2)C1.I.